The third-order valence-corrected chi connectivity index (χ3v) is 2.45. The molecule has 1 aliphatic heterocycles. The van der Waals surface area contributed by atoms with Crippen LogP contribution in [-0.4, -0.2) is 5.71 Å². The van der Waals surface area contributed by atoms with Gasteiger partial charge < -0.3 is 0 Å². The summed E-state index contributed by atoms with van der Waals surface area (Å²) in [7, 11) is 0. The van der Waals surface area contributed by atoms with E-state index in [-0.39, 0.29) is 5.92 Å². The number of aliphatic imine (C=N–C) groups is 1. The second-order valence-corrected chi connectivity index (χ2v) is 3.70. The first-order valence-corrected chi connectivity index (χ1v) is 4.92. The van der Waals surface area contributed by atoms with Crippen LogP contribution in [0.25, 0.3) is 0 Å². The zero-order chi connectivity index (χ0) is 13.1. The van der Waals surface area contributed by atoms with E-state index < -0.39 is 6.85 Å². The summed E-state index contributed by atoms with van der Waals surface area (Å²) in [5.74, 6) is 0.00970. The van der Waals surface area contributed by atoms with Gasteiger partial charge in [0, 0.05) is 16.0 Å². The third kappa shape index (κ3) is 2.69. The predicted octanol–water partition coefficient (Wildman–Crippen LogP) is 3.89. The second kappa shape index (κ2) is 4.94. The zero-order valence-corrected chi connectivity index (χ0v) is 8.71. The zero-order valence-electron chi connectivity index (χ0n) is 11.7. The molecule has 0 aromatic carbocycles. The van der Waals surface area contributed by atoms with Crippen LogP contribution in [0.15, 0.2) is 41.6 Å². The molecule has 1 rings (SSSR count). The van der Waals surface area contributed by atoms with Gasteiger partial charge in [-0.15, -0.1) is 6.58 Å². The fraction of sp³-hybridized carbons (Fsp3) is 0.462. The molecule has 0 amide bonds. The molecule has 0 saturated carbocycles. The van der Waals surface area contributed by atoms with E-state index in [1.54, 1.807) is 0 Å². The monoisotopic (exact) mass is 192 g/mol. The minimum atomic E-state index is -2.03. The van der Waals surface area contributed by atoms with Gasteiger partial charge in [0.25, 0.3) is 0 Å². The molecule has 1 unspecified atom stereocenters. The maximum Gasteiger partial charge on any atom is 0.0435 e. The van der Waals surface area contributed by atoms with E-state index in [0.29, 0.717) is 12.0 Å². The van der Waals surface area contributed by atoms with Crippen LogP contribution in [-0.2, 0) is 0 Å². The van der Waals surface area contributed by atoms with E-state index >= 15 is 0 Å². The van der Waals surface area contributed by atoms with Crippen molar-refractivity contribution in [1.29, 1.82) is 0 Å². The Labute approximate surface area is 91.2 Å². The van der Waals surface area contributed by atoms with E-state index in [1.165, 1.54) is 6.20 Å². The molecule has 1 aliphatic rings. The number of rotatable bonds is 4. The summed E-state index contributed by atoms with van der Waals surface area (Å²) in [6, 6.07) is 0. The van der Waals surface area contributed by atoms with Crippen molar-refractivity contribution in [2.75, 3.05) is 0 Å². The van der Waals surface area contributed by atoms with Gasteiger partial charge >= 0.3 is 0 Å². The third-order valence-electron chi connectivity index (χ3n) is 2.45. The van der Waals surface area contributed by atoms with Crippen molar-refractivity contribution in [3.05, 3.63) is 36.6 Å². The lowest BCUT2D eigenvalue weighted by Crippen LogP contribution is -2.12. The first kappa shape index (κ1) is 7.22. The molecule has 0 aromatic heterocycles. The molecular formula is C13H19N. The predicted molar refractivity (Wildman–Crippen MR) is 63.5 cm³/mol. The van der Waals surface area contributed by atoms with Crippen LogP contribution < -0.4 is 0 Å². The van der Waals surface area contributed by atoms with Crippen molar-refractivity contribution in [3.63, 3.8) is 0 Å². The molecule has 0 fully saturated rings. The summed E-state index contributed by atoms with van der Waals surface area (Å²) in [6.45, 7) is 7.55. The van der Waals surface area contributed by atoms with Crippen molar-refractivity contribution in [2.24, 2.45) is 10.9 Å². The topological polar surface area (TPSA) is 12.4 Å². The van der Waals surface area contributed by atoms with Gasteiger partial charge in [0.2, 0.25) is 0 Å². The average molecular weight is 192 g/mol. The lowest BCUT2D eigenvalue weighted by molar-refractivity contribution is 0.699. The standard InChI is InChI=1S/C13H19N/c1-5-6-7-10(2)13-8-11(3)12(4)9-14-13/h5,9,11H,1-2,6-8H2,3-4H3/i4D3. The summed E-state index contributed by atoms with van der Waals surface area (Å²) in [6.07, 6.45) is 5.73. The van der Waals surface area contributed by atoms with Gasteiger partial charge in [0.15, 0.2) is 0 Å². The van der Waals surface area contributed by atoms with Crippen molar-refractivity contribution in [1.82, 2.24) is 0 Å². The van der Waals surface area contributed by atoms with Crippen LogP contribution in [0.1, 0.15) is 37.2 Å². The Morgan fingerprint density at radius 2 is 2.64 bits per heavy atom. The summed E-state index contributed by atoms with van der Waals surface area (Å²) < 4.78 is 22.2. The lowest BCUT2D eigenvalue weighted by atomic mass is 9.91. The number of nitrogens with zero attached hydrogens (tertiary/aromatic N) is 1. The average Bonchev–Trinajstić information content (AvgIpc) is 2.23. The van der Waals surface area contributed by atoms with Crippen molar-refractivity contribution in [2.45, 2.75) is 33.0 Å². The molecule has 1 heteroatoms. The fourth-order valence-electron chi connectivity index (χ4n) is 1.38. The SMILES string of the molecule is [2H]C([2H])([2H])C1=CN=C(C(=C)CCC=C)CC1C. The Morgan fingerprint density at radius 3 is 3.21 bits per heavy atom. The molecular weight excluding hydrogens is 170 g/mol. The van der Waals surface area contributed by atoms with Crippen LogP contribution in [0.3, 0.4) is 0 Å². The van der Waals surface area contributed by atoms with Gasteiger partial charge in [0.1, 0.15) is 0 Å². The normalized spacial score (nSPS) is 25.2. The molecule has 0 radical (unpaired) electrons. The molecule has 0 saturated heterocycles. The Kier molecular flexibility index (Phi) is 2.55. The molecule has 76 valence electrons. The smallest absolute Gasteiger partial charge is 0.0435 e. The highest BCUT2D eigenvalue weighted by Gasteiger charge is 2.14. The van der Waals surface area contributed by atoms with Crippen LogP contribution >= 0.6 is 0 Å². The molecule has 0 aliphatic carbocycles. The van der Waals surface area contributed by atoms with Crippen LogP contribution in [0.5, 0.6) is 0 Å². The molecule has 14 heavy (non-hydrogen) atoms. The minimum absolute atomic E-state index is 0.00970. The van der Waals surface area contributed by atoms with Crippen molar-refractivity contribution < 1.29 is 4.11 Å². The van der Waals surface area contributed by atoms with Crippen LogP contribution in [0.4, 0.5) is 0 Å². The molecule has 0 spiro atoms. The number of hydrogen-bond acceptors (Lipinski definition) is 1. The van der Waals surface area contributed by atoms with Crippen LogP contribution in [0.2, 0.25) is 0 Å². The minimum Gasteiger partial charge on any atom is -0.261 e. The van der Waals surface area contributed by atoms with Gasteiger partial charge in [-0.3, -0.25) is 4.99 Å². The molecule has 1 atom stereocenters. The summed E-state index contributed by atoms with van der Waals surface area (Å²) in [5.41, 5.74) is 2.35. The van der Waals surface area contributed by atoms with Crippen LogP contribution in [0, 0.1) is 5.92 Å². The second-order valence-electron chi connectivity index (χ2n) is 3.70. The maximum atomic E-state index is 7.40. The van der Waals surface area contributed by atoms with Gasteiger partial charge in [-0.2, -0.15) is 0 Å². The summed E-state index contributed by atoms with van der Waals surface area (Å²) >= 11 is 0. The van der Waals surface area contributed by atoms with Crippen molar-refractivity contribution >= 4 is 5.71 Å². The number of allylic oxidation sites excluding steroid dienone is 3. The van der Waals surface area contributed by atoms with Gasteiger partial charge in [-0.05, 0) is 37.6 Å². The quantitative estimate of drug-likeness (QED) is 0.599. The lowest BCUT2D eigenvalue weighted by Gasteiger charge is -2.19. The largest absolute Gasteiger partial charge is 0.261 e. The number of hydrogen-bond donors (Lipinski definition) is 0. The molecule has 1 heterocycles. The van der Waals surface area contributed by atoms with Gasteiger partial charge in [0.05, 0.1) is 0 Å². The Balaban J connectivity index is 2.81. The molecule has 1 nitrogen and oxygen atoms in total. The first-order valence-electron chi connectivity index (χ1n) is 6.42. The highest BCUT2D eigenvalue weighted by atomic mass is 14.7. The van der Waals surface area contributed by atoms with Crippen molar-refractivity contribution in [3.8, 4) is 0 Å². The van der Waals surface area contributed by atoms with E-state index in [1.807, 2.05) is 13.0 Å². The fourth-order valence-corrected chi connectivity index (χ4v) is 1.38. The summed E-state index contributed by atoms with van der Waals surface area (Å²) in [4.78, 5) is 4.24. The van der Waals surface area contributed by atoms with E-state index in [2.05, 4.69) is 18.2 Å². The van der Waals surface area contributed by atoms with E-state index in [4.69, 9.17) is 4.11 Å². The highest BCUT2D eigenvalue weighted by molar-refractivity contribution is 6.00. The van der Waals surface area contributed by atoms with E-state index in [0.717, 1.165) is 24.1 Å². The highest BCUT2D eigenvalue weighted by Crippen LogP contribution is 2.23. The van der Waals surface area contributed by atoms with Gasteiger partial charge in [-0.1, -0.05) is 25.2 Å². The Hall–Kier alpha value is -1.11. The molecule has 0 aromatic rings. The molecule has 0 bridgehead atoms. The summed E-state index contributed by atoms with van der Waals surface area (Å²) in [5, 5.41) is 0. The maximum absolute atomic E-state index is 7.40. The first-order chi connectivity index (χ1) is 7.86. The Morgan fingerprint density at radius 1 is 1.86 bits per heavy atom. The van der Waals surface area contributed by atoms with E-state index in [9.17, 15) is 0 Å². The Bertz CT molecular complexity index is 375. The molecule has 0 N–H and O–H groups in total. The van der Waals surface area contributed by atoms with Gasteiger partial charge in [-0.25, -0.2) is 0 Å².